The molecule has 0 saturated carbocycles. The van der Waals surface area contributed by atoms with E-state index >= 15 is 0 Å². The maximum absolute atomic E-state index is 4.37. The minimum absolute atomic E-state index is 0.267. The van der Waals surface area contributed by atoms with E-state index in [0.29, 0.717) is 0 Å². The van der Waals surface area contributed by atoms with Crippen LogP contribution in [0.4, 0.5) is 0 Å². The molecule has 0 amide bonds. The Morgan fingerprint density at radius 1 is 1.29 bits per heavy atom. The van der Waals surface area contributed by atoms with Crippen LogP contribution >= 0.6 is 0 Å². The van der Waals surface area contributed by atoms with Gasteiger partial charge in [-0.1, -0.05) is 13.0 Å². The molecule has 0 aliphatic rings. The first kappa shape index (κ1) is 8.88. The summed E-state index contributed by atoms with van der Waals surface area (Å²) in [4.78, 5) is 8.65. The highest BCUT2D eigenvalue weighted by atomic mass is 14.7. The highest BCUT2D eigenvalue weighted by molar-refractivity contribution is 5.81. The van der Waals surface area contributed by atoms with E-state index in [1.807, 2.05) is 24.3 Å². The van der Waals surface area contributed by atoms with Crippen LogP contribution in [0.5, 0.6) is 0 Å². The third-order valence-electron chi connectivity index (χ3n) is 2.35. The summed E-state index contributed by atoms with van der Waals surface area (Å²) in [5, 5.41) is 1.11. The van der Waals surface area contributed by atoms with E-state index in [4.69, 9.17) is 0 Å². The topological polar surface area (TPSA) is 25.8 Å². The smallest absolute Gasteiger partial charge is 0.0735 e. The van der Waals surface area contributed by atoms with Gasteiger partial charge in [0.15, 0.2) is 0 Å². The largest absolute Gasteiger partial charge is 0.260 e. The van der Waals surface area contributed by atoms with Crippen LogP contribution in [-0.4, -0.2) is 9.97 Å². The average Bonchev–Trinajstić information content (AvgIpc) is 2.27. The number of pyridine rings is 2. The Labute approximate surface area is 83.3 Å². The molecule has 1 atom stereocenters. The van der Waals surface area contributed by atoms with Crippen molar-refractivity contribution in [1.82, 2.24) is 9.97 Å². The second-order valence-corrected chi connectivity index (χ2v) is 3.29. The Balaban J connectivity index is 2.70. The Morgan fingerprint density at radius 3 is 2.93 bits per heavy atom. The molecule has 0 aliphatic carbocycles. The molecule has 0 aliphatic heterocycles. The summed E-state index contributed by atoms with van der Waals surface area (Å²) in [7, 11) is 0. The lowest BCUT2D eigenvalue weighted by Crippen LogP contribution is -1.95. The van der Waals surface area contributed by atoms with Crippen LogP contribution in [0.15, 0.2) is 43.2 Å². The van der Waals surface area contributed by atoms with Gasteiger partial charge in [0.2, 0.25) is 0 Å². The van der Waals surface area contributed by atoms with Gasteiger partial charge >= 0.3 is 0 Å². The number of aromatic nitrogens is 2. The fraction of sp³-hybridized carbons (Fsp3) is 0.167. The molecule has 14 heavy (non-hydrogen) atoms. The maximum Gasteiger partial charge on any atom is 0.0735 e. The molecule has 0 fully saturated rings. The first-order valence-corrected chi connectivity index (χ1v) is 4.65. The first-order valence-electron chi connectivity index (χ1n) is 4.65. The van der Waals surface area contributed by atoms with Crippen LogP contribution in [-0.2, 0) is 0 Å². The quantitative estimate of drug-likeness (QED) is 0.670. The summed E-state index contributed by atoms with van der Waals surface area (Å²) in [6, 6.07) is 5.91. The van der Waals surface area contributed by atoms with Crippen LogP contribution < -0.4 is 0 Å². The van der Waals surface area contributed by atoms with Crippen LogP contribution in [0, 0.1) is 0 Å². The molecule has 0 N–H and O–H groups in total. The number of fused-ring (bicyclic) bond motifs is 1. The monoisotopic (exact) mass is 184 g/mol. The SMILES string of the molecule is C=C[C@H](C)c1nccc2ncccc12. The van der Waals surface area contributed by atoms with Crippen LogP contribution in [0.1, 0.15) is 18.5 Å². The molecule has 2 nitrogen and oxygen atoms in total. The molecule has 2 aromatic rings. The number of allylic oxidation sites excluding steroid dienone is 1. The van der Waals surface area contributed by atoms with Crippen molar-refractivity contribution in [3.8, 4) is 0 Å². The number of nitrogens with zero attached hydrogens (tertiary/aromatic N) is 2. The maximum atomic E-state index is 4.37. The van der Waals surface area contributed by atoms with Gasteiger partial charge in [-0.2, -0.15) is 0 Å². The van der Waals surface area contributed by atoms with Crippen molar-refractivity contribution in [2.24, 2.45) is 0 Å². The van der Waals surface area contributed by atoms with Gasteiger partial charge in [-0.3, -0.25) is 9.97 Å². The molecule has 0 bridgehead atoms. The van der Waals surface area contributed by atoms with Gasteiger partial charge in [0.05, 0.1) is 11.2 Å². The fourth-order valence-electron chi connectivity index (χ4n) is 1.50. The van der Waals surface area contributed by atoms with E-state index < -0.39 is 0 Å². The van der Waals surface area contributed by atoms with E-state index in [2.05, 4.69) is 23.5 Å². The lowest BCUT2D eigenvalue weighted by Gasteiger charge is -2.07. The van der Waals surface area contributed by atoms with Gasteiger partial charge in [-0.15, -0.1) is 6.58 Å². The van der Waals surface area contributed by atoms with Crippen LogP contribution in [0.3, 0.4) is 0 Å². The summed E-state index contributed by atoms with van der Waals surface area (Å²) < 4.78 is 0. The van der Waals surface area contributed by atoms with Gasteiger partial charge in [-0.25, -0.2) is 0 Å². The van der Waals surface area contributed by atoms with Gasteiger partial charge < -0.3 is 0 Å². The highest BCUT2D eigenvalue weighted by Gasteiger charge is 2.07. The molecule has 2 rings (SSSR count). The molecule has 2 aromatic heterocycles. The highest BCUT2D eigenvalue weighted by Crippen LogP contribution is 2.22. The van der Waals surface area contributed by atoms with Crippen molar-refractivity contribution in [2.75, 3.05) is 0 Å². The molecule has 0 spiro atoms. The second kappa shape index (κ2) is 3.58. The molecule has 0 saturated heterocycles. The van der Waals surface area contributed by atoms with Crippen molar-refractivity contribution in [3.05, 3.63) is 48.9 Å². The normalized spacial score (nSPS) is 12.6. The van der Waals surface area contributed by atoms with Gasteiger partial charge in [0, 0.05) is 23.7 Å². The van der Waals surface area contributed by atoms with E-state index in [1.54, 1.807) is 12.4 Å². The lowest BCUT2D eigenvalue weighted by atomic mass is 10.0. The number of hydrogen-bond acceptors (Lipinski definition) is 2. The van der Waals surface area contributed by atoms with Gasteiger partial charge in [-0.05, 0) is 18.2 Å². The van der Waals surface area contributed by atoms with Gasteiger partial charge in [0.1, 0.15) is 0 Å². The second-order valence-electron chi connectivity index (χ2n) is 3.29. The predicted molar refractivity (Wildman–Crippen MR) is 58.2 cm³/mol. The predicted octanol–water partition coefficient (Wildman–Crippen LogP) is 2.92. The summed E-state index contributed by atoms with van der Waals surface area (Å²) >= 11 is 0. The van der Waals surface area contributed by atoms with Crippen LogP contribution in [0.25, 0.3) is 10.9 Å². The van der Waals surface area contributed by atoms with Crippen molar-refractivity contribution < 1.29 is 0 Å². The molecule has 0 aromatic carbocycles. The zero-order valence-corrected chi connectivity index (χ0v) is 8.14. The van der Waals surface area contributed by atoms with Crippen molar-refractivity contribution >= 4 is 10.9 Å². The lowest BCUT2D eigenvalue weighted by molar-refractivity contribution is 0.923. The third kappa shape index (κ3) is 1.39. The molecule has 0 unspecified atom stereocenters. The zero-order valence-electron chi connectivity index (χ0n) is 8.14. The van der Waals surface area contributed by atoms with E-state index in [9.17, 15) is 0 Å². The van der Waals surface area contributed by atoms with Crippen molar-refractivity contribution in [1.29, 1.82) is 0 Å². The standard InChI is InChI=1S/C12H12N2/c1-3-9(2)12-10-5-4-7-13-11(10)6-8-14-12/h3-9H,1H2,2H3/t9-/m0/s1. The molecular weight excluding hydrogens is 172 g/mol. The minimum Gasteiger partial charge on any atom is -0.260 e. The average molecular weight is 184 g/mol. The Hall–Kier alpha value is -1.70. The molecule has 70 valence electrons. The summed E-state index contributed by atoms with van der Waals surface area (Å²) in [5.41, 5.74) is 2.04. The molecule has 2 heteroatoms. The first-order chi connectivity index (χ1) is 6.83. The third-order valence-corrected chi connectivity index (χ3v) is 2.35. The zero-order chi connectivity index (χ0) is 9.97. The van der Waals surface area contributed by atoms with E-state index in [0.717, 1.165) is 16.6 Å². The van der Waals surface area contributed by atoms with E-state index in [1.165, 1.54) is 0 Å². The van der Waals surface area contributed by atoms with Crippen molar-refractivity contribution in [3.63, 3.8) is 0 Å². The summed E-state index contributed by atoms with van der Waals surface area (Å²) in [6.45, 7) is 5.87. The Bertz CT molecular complexity index is 457. The number of rotatable bonds is 2. The van der Waals surface area contributed by atoms with Crippen LogP contribution in [0.2, 0.25) is 0 Å². The fourth-order valence-corrected chi connectivity index (χ4v) is 1.50. The molecule has 2 heterocycles. The van der Waals surface area contributed by atoms with Gasteiger partial charge in [0.25, 0.3) is 0 Å². The summed E-state index contributed by atoms with van der Waals surface area (Å²) in [6.07, 6.45) is 5.49. The Morgan fingerprint density at radius 2 is 2.14 bits per heavy atom. The molecule has 0 radical (unpaired) electrons. The van der Waals surface area contributed by atoms with Crippen molar-refractivity contribution in [2.45, 2.75) is 12.8 Å². The van der Waals surface area contributed by atoms with E-state index in [-0.39, 0.29) is 5.92 Å². The molecular formula is C12H12N2. The number of hydrogen-bond donors (Lipinski definition) is 0. The Kier molecular flexibility index (Phi) is 2.27. The minimum atomic E-state index is 0.267. The summed E-state index contributed by atoms with van der Waals surface area (Å²) in [5.74, 6) is 0.267.